The molecule has 4 N–H and O–H groups in total. The molecule has 1 aliphatic heterocycles. The summed E-state index contributed by atoms with van der Waals surface area (Å²) in [5, 5.41) is 26.6. The van der Waals surface area contributed by atoms with Gasteiger partial charge in [-0.3, -0.25) is 13.9 Å². The van der Waals surface area contributed by atoms with Crippen molar-refractivity contribution in [1.82, 2.24) is 14.4 Å². The summed E-state index contributed by atoms with van der Waals surface area (Å²) in [7, 11) is -3.59. The van der Waals surface area contributed by atoms with E-state index in [0.717, 1.165) is 20.4 Å². The molecule has 1 saturated heterocycles. The number of hydrogen-bond acceptors (Lipinski definition) is 12. The highest BCUT2D eigenvalue weighted by molar-refractivity contribution is 7.36. The van der Waals surface area contributed by atoms with Crippen LogP contribution in [-0.2, 0) is 30.0 Å². The average molecular weight is 652 g/mol. The molecule has 5 rings (SSSR count). The second kappa shape index (κ2) is 14.1. The second-order valence-electron chi connectivity index (χ2n) is 10.2. The van der Waals surface area contributed by atoms with Crippen LogP contribution in [0.2, 0.25) is 0 Å². The van der Waals surface area contributed by atoms with Gasteiger partial charge in [0.25, 0.3) is 8.18 Å². The SMILES string of the molecule is CC(C(=O)OCc1ccccc1)N(Oc1cccc2ccccc12)[PH](=O)OC[C@@]1(N=[N+]=[N-])O[C@@H](n2ccc(N)nc2=O)[C@H](O)[C@@H]1O. The van der Waals surface area contributed by atoms with Crippen molar-refractivity contribution in [2.24, 2.45) is 5.11 Å². The minimum absolute atomic E-state index is 0.0629. The lowest BCUT2D eigenvalue weighted by Gasteiger charge is -2.30. The molecule has 1 aliphatic rings. The number of hydroxylamine groups is 1. The maximum absolute atomic E-state index is 13.8. The number of aliphatic hydroxyl groups excluding tert-OH is 2. The Morgan fingerprint density at radius 2 is 1.89 bits per heavy atom. The van der Waals surface area contributed by atoms with Gasteiger partial charge >= 0.3 is 11.7 Å². The van der Waals surface area contributed by atoms with Crippen molar-refractivity contribution in [3.8, 4) is 5.75 Å². The molecule has 0 spiro atoms. The Hall–Kier alpha value is -4.79. The molecule has 3 aromatic carbocycles. The topological polar surface area (TPSA) is 224 Å². The Morgan fingerprint density at radius 3 is 2.63 bits per heavy atom. The largest absolute Gasteiger partial charge is 0.460 e. The van der Waals surface area contributed by atoms with Gasteiger partial charge in [0.2, 0.25) is 5.72 Å². The minimum Gasteiger partial charge on any atom is -0.460 e. The smallest absolute Gasteiger partial charge is 0.351 e. The number of fused-ring (bicyclic) bond motifs is 1. The molecule has 0 amide bonds. The van der Waals surface area contributed by atoms with E-state index < -0.39 is 56.6 Å². The van der Waals surface area contributed by atoms with Gasteiger partial charge in [0.05, 0.1) is 6.61 Å². The zero-order chi connectivity index (χ0) is 32.8. The highest BCUT2D eigenvalue weighted by atomic mass is 31.1. The van der Waals surface area contributed by atoms with Gasteiger partial charge in [0.15, 0.2) is 12.0 Å². The van der Waals surface area contributed by atoms with E-state index in [9.17, 15) is 29.9 Å². The standard InChI is InChI=1S/C29H30N7O9P/c1-18(27(39)42-16-19-8-3-2-4-9-19)36(45-22-13-7-11-20-10-5-6-12-21(20)22)46(41)43-17-29(33-34-31)25(38)24(37)26(44-29)35-15-14-23(30)32-28(35)40/h2-15,18,24-26,37-38,46H,16-17H2,1H3,(H2,30,32,40)/t18?,24-,25+,26-,29-/m1/s1. The predicted octanol–water partition coefficient (Wildman–Crippen LogP) is 3.07. The van der Waals surface area contributed by atoms with Gasteiger partial charge in [-0.15, -0.1) is 0 Å². The summed E-state index contributed by atoms with van der Waals surface area (Å²) in [4.78, 5) is 38.7. The van der Waals surface area contributed by atoms with Crippen molar-refractivity contribution in [1.29, 1.82) is 0 Å². The van der Waals surface area contributed by atoms with Crippen molar-refractivity contribution < 1.29 is 38.4 Å². The van der Waals surface area contributed by atoms with Crippen LogP contribution in [0.4, 0.5) is 5.82 Å². The summed E-state index contributed by atoms with van der Waals surface area (Å²) in [6, 6.07) is 21.3. The molecule has 6 atom stereocenters. The van der Waals surface area contributed by atoms with Crippen LogP contribution in [-0.4, -0.2) is 61.1 Å². The molecule has 0 radical (unpaired) electrons. The van der Waals surface area contributed by atoms with Crippen LogP contribution in [0.25, 0.3) is 21.2 Å². The van der Waals surface area contributed by atoms with E-state index in [2.05, 4.69) is 15.0 Å². The number of benzene rings is 3. The Labute approximate surface area is 262 Å². The third-order valence-corrected chi connectivity index (χ3v) is 8.42. The molecular formula is C29H30N7O9P. The lowest BCUT2D eigenvalue weighted by Crippen LogP contribution is -2.45. The Kier molecular flexibility index (Phi) is 9.99. The second-order valence-corrected chi connectivity index (χ2v) is 11.5. The van der Waals surface area contributed by atoms with Crippen molar-refractivity contribution in [3.05, 3.63) is 112 Å². The predicted molar refractivity (Wildman–Crippen MR) is 164 cm³/mol. The molecule has 1 aromatic heterocycles. The summed E-state index contributed by atoms with van der Waals surface area (Å²) < 4.78 is 31.3. The number of esters is 1. The summed E-state index contributed by atoms with van der Waals surface area (Å²) >= 11 is 0. The number of aromatic nitrogens is 2. The third kappa shape index (κ3) is 6.88. The van der Waals surface area contributed by atoms with Crippen molar-refractivity contribution in [2.45, 2.75) is 43.7 Å². The zero-order valence-electron chi connectivity index (χ0n) is 24.3. The zero-order valence-corrected chi connectivity index (χ0v) is 25.3. The molecule has 17 heteroatoms. The van der Waals surface area contributed by atoms with Gasteiger partial charge in [0, 0.05) is 16.5 Å². The number of anilines is 1. The van der Waals surface area contributed by atoms with Gasteiger partial charge in [-0.2, -0.15) is 4.98 Å². The first-order chi connectivity index (χ1) is 22.1. The maximum Gasteiger partial charge on any atom is 0.351 e. The van der Waals surface area contributed by atoms with Gasteiger partial charge in [-0.1, -0.05) is 76.7 Å². The van der Waals surface area contributed by atoms with Gasteiger partial charge in [-0.25, -0.2) is 4.79 Å². The Morgan fingerprint density at radius 1 is 1.17 bits per heavy atom. The quantitative estimate of drug-likeness (QED) is 0.0502. The van der Waals surface area contributed by atoms with Crippen LogP contribution < -0.4 is 16.3 Å². The van der Waals surface area contributed by atoms with Crippen LogP contribution in [0.3, 0.4) is 0 Å². The summed E-state index contributed by atoms with van der Waals surface area (Å²) in [5.41, 5.74) is 12.3. The third-order valence-electron chi connectivity index (χ3n) is 7.19. The first kappa shape index (κ1) is 32.6. The number of ether oxygens (including phenoxy) is 2. The number of azide groups is 1. The van der Waals surface area contributed by atoms with E-state index in [1.165, 1.54) is 19.2 Å². The van der Waals surface area contributed by atoms with Crippen molar-refractivity contribution >= 4 is 30.7 Å². The van der Waals surface area contributed by atoms with Crippen molar-refractivity contribution in [2.75, 3.05) is 12.3 Å². The normalized spacial score (nSPS) is 22.2. The first-order valence-corrected chi connectivity index (χ1v) is 15.2. The van der Waals surface area contributed by atoms with E-state index in [1.54, 1.807) is 48.5 Å². The van der Waals surface area contributed by atoms with E-state index in [1.807, 2.05) is 24.3 Å². The minimum atomic E-state index is -3.59. The van der Waals surface area contributed by atoms with E-state index in [-0.39, 0.29) is 18.2 Å². The fourth-order valence-electron chi connectivity index (χ4n) is 4.75. The number of hydrogen-bond donors (Lipinski definition) is 3. The van der Waals surface area contributed by atoms with Crippen LogP contribution >= 0.6 is 8.18 Å². The lowest BCUT2D eigenvalue weighted by atomic mass is 10.1. The van der Waals surface area contributed by atoms with Crippen LogP contribution in [0.15, 0.2) is 95.0 Å². The first-order valence-electron chi connectivity index (χ1n) is 13.9. The summed E-state index contributed by atoms with van der Waals surface area (Å²) in [6.07, 6.45) is -4.17. The molecule has 0 bridgehead atoms. The number of rotatable bonds is 12. The monoisotopic (exact) mass is 651 g/mol. The number of nitrogen functional groups attached to an aromatic ring is 1. The highest BCUT2D eigenvalue weighted by Gasteiger charge is 2.56. The average Bonchev–Trinajstić information content (AvgIpc) is 3.30. The fourth-order valence-corrected chi connectivity index (χ4v) is 5.80. The van der Waals surface area contributed by atoms with E-state index >= 15 is 0 Å². The van der Waals surface area contributed by atoms with Crippen LogP contribution in [0, 0.1) is 0 Å². The van der Waals surface area contributed by atoms with Gasteiger partial charge in [-0.05, 0) is 35.5 Å². The number of carbonyl (C=O) groups is 1. The summed E-state index contributed by atoms with van der Waals surface area (Å²) in [6.45, 7) is 0.448. The van der Waals surface area contributed by atoms with E-state index in [4.69, 9.17) is 24.6 Å². The van der Waals surface area contributed by atoms with Crippen LogP contribution in [0.1, 0.15) is 18.7 Å². The molecule has 46 heavy (non-hydrogen) atoms. The highest BCUT2D eigenvalue weighted by Crippen LogP contribution is 2.42. The molecule has 240 valence electrons. The molecule has 1 fully saturated rings. The molecule has 16 nitrogen and oxygen atoms in total. The fraction of sp³-hybridized carbons (Fsp3) is 0.276. The van der Waals surface area contributed by atoms with E-state index in [0.29, 0.717) is 5.39 Å². The molecule has 2 unspecified atom stereocenters. The summed E-state index contributed by atoms with van der Waals surface area (Å²) in [5.74, 6) is -0.644. The number of carbonyl (C=O) groups excluding carboxylic acids is 1. The molecule has 0 saturated carbocycles. The molecule has 0 aliphatic carbocycles. The van der Waals surface area contributed by atoms with Gasteiger partial charge in [0.1, 0.15) is 30.7 Å². The Balaban J connectivity index is 1.40. The lowest BCUT2D eigenvalue weighted by molar-refractivity contribution is -0.157. The molecule has 4 aromatic rings. The number of aliphatic hydroxyl groups is 2. The number of nitrogens with two attached hydrogens (primary N) is 1. The van der Waals surface area contributed by atoms with Crippen molar-refractivity contribution in [3.63, 3.8) is 0 Å². The molecular weight excluding hydrogens is 621 g/mol. The number of nitrogens with zero attached hydrogens (tertiary/aromatic N) is 6. The Bertz CT molecular complexity index is 1830. The maximum atomic E-state index is 13.8. The van der Waals surface area contributed by atoms with Gasteiger partial charge < -0.3 is 34.8 Å². The molecule has 2 heterocycles. The van der Waals surface area contributed by atoms with Crippen LogP contribution in [0.5, 0.6) is 5.75 Å².